The van der Waals surface area contributed by atoms with Gasteiger partial charge in [0.25, 0.3) is 0 Å². The number of halogens is 1. The van der Waals surface area contributed by atoms with E-state index in [0.717, 1.165) is 10.0 Å². The first-order valence-corrected chi connectivity index (χ1v) is 12.1. The fourth-order valence-corrected chi connectivity index (χ4v) is 4.26. The van der Waals surface area contributed by atoms with E-state index in [2.05, 4.69) is 26.1 Å². The quantitative estimate of drug-likeness (QED) is 0.319. The Labute approximate surface area is 211 Å². The molecule has 1 aliphatic heterocycles. The maximum Gasteiger partial charge on any atom is 0.338 e. The molecule has 10 nitrogen and oxygen atoms in total. The topological polar surface area (TPSA) is 97.6 Å². The number of hydrogen-bond donors (Lipinski definition) is 0. The lowest BCUT2D eigenvalue weighted by molar-refractivity contribution is -0.671. The van der Waals surface area contributed by atoms with Crippen molar-refractivity contribution in [1.29, 1.82) is 0 Å². The predicted molar refractivity (Wildman–Crippen MR) is 129 cm³/mol. The first-order chi connectivity index (χ1) is 16.8. The van der Waals surface area contributed by atoms with Crippen molar-refractivity contribution in [2.45, 2.75) is 39.4 Å². The van der Waals surface area contributed by atoms with Gasteiger partial charge in [0.15, 0.2) is 5.82 Å². The molecule has 0 fully saturated rings. The average molecular weight is 544 g/mol. The second-order valence-electron chi connectivity index (χ2n) is 8.33. The molecule has 2 aromatic heterocycles. The van der Waals surface area contributed by atoms with Crippen LogP contribution in [0, 0.1) is 0 Å². The summed E-state index contributed by atoms with van der Waals surface area (Å²) >= 11 is 3.46. The molecule has 3 aromatic rings. The summed E-state index contributed by atoms with van der Waals surface area (Å²) in [5.41, 5.74) is 1.71. The van der Waals surface area contributed by atoms with E-state index in [9.17, 15) is 9.59 Å². The number of aryl methyl sites for hydroxylation is 2. The van der Waals surface area contributed by atoms with Gasteiger partial charge in [-0.3, -0.25) is 0 Å². The van der Waals surface area contributed by atoms with E-state index in [4.69, 9.17) is 9.26 Å². The normalized spacial score (nSPS) is 16.3. The van der Waals surface area contributed by atoms with Gasteiger partial charge in [-0.25, -0.2) is 18.7 Å². The molecule has 4 rings (SSSR count). The number of ether oxygens (including phenoxy) is 1. The largest absolute Gasteiger partial charge is 0.458 e. The van der Waals surface area contributed by atoms with Crippen molar-refractivity contribution >= 4 is 27.9 Å². The van der Waals surface area contributed by atoms with Crippen molar-refractivity contribution in [3.8, 4) is 0 Å². The van der Waals surface area contributed by atoms with Crippen molar-refractivity contribution in [2.75, 3.05) is 13.7 Å². The van der Waals surface area contributed by atoms with Crippen molar-refractivity contribution in [1.82, 2.24) is 24.5 Å². The predicted octanol–water partition coefficient (Wildman–Crippen LogP) is 3.15. The number of urea groups is 1. The molecule has 1 atom stereocenters. The van der Waals surface area contributed by atoms with Gasteiger partial charge in [0.2, 0.25) is 12.2 Å². The lowest BCUT2D eigenvalue weighted by Crippen LogP contribution is -2.49. The van der Waals surface area contributed by atoms with Crippen LogP contribution in [0.25, 0.3) is 0 Å². The highest BCUT2D eigenvalue weighted by atomic mass is 79.9. The maximum absolute atomic E-state index is 13.4. The highest BCUT2D eigenvalue weighted by Crippen LogP contribution is 2.38. The van der Waals surface area contributed by atoms with Crippen LogP contribution >= 0.6 is 15.9 Å². The standard InChI is InChI=1S/C24H28BrN6O4/c1-5-20-26-19(27-35-20)14-31-22(17-6-8-18(25)9-7-17)21(16(2)29(4)24(31)33)23(32)34-13-12-30-11-10-28(3)15-30/h6-11,15,22H,5,12-14H2,1-4H3/q+1. The Morgan fingerprint density at radius 3 is 2.66 bits per heavy atom. The van der Waals surface area contributed by atoms with E-state index in [-0.39, 0.29) is 19.2 Å². The highest BCUT2D eigenvalue weighted by Gasteiger charge is 2.41. The zero-order valence-electron chi connectivity index (χ0n) is 20.1. The van der Waals surface area contributed by atoms with Crippen LogP contribution in [0.2, 0.25) is 0 Å². The van der Waals surface area contributed by atoms with E-state index in [1.54, 1.807) is 18.9 Å². The Morgan fingerprint density at radius 1 is 1.29 bits per heavy atom. The number of allylic oxidation sites excluding steroid dienone is 1. The minimum atomic E-state index is -0.674. The minimum Gasteiger partial charge on any atom is -0.458 e. The second-order valence-corrected chi connectivity index (χ2v) is 9.25. The molecular formula is C24H28BrN6O4+. The molecule has 1 aromatic carbocycles. The SMILES string of the molecule is CCc1nc(CN2C(=O)N(C)C(C)=C(C(=O)OCCn3cc[n+](C)c3)C2c2ccc(Br)cc2)no1. The summed E-state index contributed by atoms with van der Waals surface area (Å²) in [6, 6.07) is 6.58. The molecule has 0 radical (unpaired) electrons. The third-order valence-electron chi connectivity index (χ3n) is 5.95. The van der Waals surface area contributed by atoms with Crippen LogP contribution in [-0.2, 0) is 36.1 Å². The molecule has 0 spiro atoms. The number of hydrogen-bond acceptors (Lipinski definition) is 6. The van der Waals surface area contributed by atoms with Crippen LogP contribution in [0.15, 0.2) is 63.3 Å². The zero-order chi connectivity index (χ0) is 25.1. The van der Waals surface area contributed by atoms with Gasteiger partial charge in [0.05, 0.1) is 25.2 Å². The molecule has 11 heteroatoms. The lowest BCUT2D eigenvalue weighted by Gasteiger charge is -2.41. The fourth-order valence-electron chi connectivity index (χ4n) is 4.00. The maximum atomic E-state index is 13.4. The summed E-state index contributed by atoms with van der Waals surface area (Å²) in [6.07, 6.45) is 6.33. The van der Waals surface area contributed by atoms with Crippen molar-refractivity contribution < 1.29 is 23.4 Å². The van der Waals surface area contributed by atoms with E-state index in [1.807, 2.05) is 66.1 Å². The number of imidazole rings is 1. The summed E-state index contributed by atoms with van der Waals surface area (Å²) < 4.78 is 15.7. The minimum absolute atomic E-state index is 0.0807. The van der Waals surface area contributed by atoms with Crippen molar-refractivity contribution in [3.05, 3.63) is 76.0 Å². The fraction of sp³-hybridized carbons (Fsp3) is 0.375. The molecule has 0 N–H and O–H groups in total. The van der Waals surface area contributed by atoms with Crippen LogP contribution in [0.4, 0.5) is 4.79 Å². The summed E-state index contributed by atoms with van der Waals surface area (Å²) in [5, 5.41) is 4.01. The van der Waals surface area contributed by atoms with Crippen LogP contribution in [0.3, 0.4) is 0 Å². The van der Waals surface area contributed by atoms with Gasteiger partial charge in [0, 0.05) is 23.6 Å². The number of nitrogens with zero attached hydrogens (tertiary/aromatic N) is 6. The Kier molecular flexibility index (Phi) is 7.34. The molecule has 35 heavy (non-hydrogen) atoms. The van der Waals surface area contributed by atoms with Crippen molar-refractivity contribution in [3.63, 3.8) is 0 Å². The number of benzene rings is 1. The van der Waals surface area contributed by atoms with E-state index >= 15 is 0 Å². The van der Waals surface area contributed by atoms with Crippen molar-refractivity contribution in [2.24, 2.45) is 7.05 Å². The van der Waals surface area contributed by atoms with Crippen LogP contribution in [0.1, 0.15) is 37.2 Å². The first kappa shape index (κ1) is 24.6. The monoisotopic (exact) mass is 543 g/mol. The van der Waals surface area contributed by atoms with Gasteiger partial charge in [-0.2, -0.15) is 4.98 Å². The molecule has 1 aliphatic rings. The molecule has 0 bridgehead atoms. The van der Waals surface area contributed by atoms with Crippen LogP contribution < -0.4 is 4.57 Å². The Balaban J connectivity index is 1.66. The van der Waals surface area contributed by atoms with Gasteiger partial charge in [-0.05, 0) is 24.6 Å². The van der Waals surface area contributed by atoms with E-state index in [0.29, 0.717) is 36.0 Å². The Morgan fingerprint density at radius 2 is 2.03 bits per heavy atom. The third-order valence-corrected chi connectivity index (χ3v) is 6.48. The molecule has 1 unspecified atom stereocenters. The molecule has 0 saturated heterocycles. The summed E-state index contributed by atoms with van der Waals surface area (Å²) in [5.74, 6) is 0.389. The van der Waals surface area contributed by atoms with Gasteiger partial charge >= 0.3 is 12.0 Å². The smallest absolute Gasteiger partial charge is 0.338 e. The van der Waals surface area contributed by atoms with E-state index in [1.165, 1.54) is 4.90 Å². The number of carbonyl (C=O) groups excluding carboxylic acids is 2. The van der Waals surface area contributed by atoms with Gasteiger partial charge in [-0.15, -0.1) is 0 Å². The summed E-state index contributed by atoms with van der Waals surface area (Å²) in [4.78, 5) is 34.2. The lowest BCUT2D eigenvalue weighted by atomic mass is 9.93. The Hall–Kier alpha value is -3.47. The number of amides is 2. The summed E-state index contributed by atoms with van der Waals surface area (Å²) in [6.45, 7) is 4.46. The first-order valence-electron chi connectivity index (χ1n) is 11.3. The van der Waals surface area contributed by atoms with Crippen LogP contribution in [0.5, 0.6) is 0 Å². The highest BCUT2D eigenvalue weighted by molar-refractivity contribution is 9.10. The zero-order valence-corrected chi connectivity index (χ0v) is 21.7. The molecule has 2 amide bonds. The van der Waals surface area contributed by atoms with Gasteiger partial charge in [-0.1, -0.05) is 40.1 Å². The Bertz CT molecular complexity index is 1250. The third kappa shape index (κ3) is 5.29. The summed E-state index contributed by atoms with van der Waals surface area (Å²) in [7, 11) is 3.57. The molecular weight excluding hydrogens is 516 g/mol. The van der Waals surface area contributed by atoms with Gasteiger partial charge in [0.1, 0.15) is 25.5 Å². The van der Waals surface area contributed by atoms with E-state index < -0.39 is 12.0 Å². The number of aromatic nitrogens is 4. The average Bonchev–Trinajstić information content (AvgIpc) is 3.48. The van der Waals surface area contributed by atoms with Crippen LogP contribution in [-0.4, -0.2) is 50.2 Å². The molecule has 0 saturated carbocycles. The molecule has 184 valence electrons. The number of carbonyl (C=O) groups is 2. The number of esters is 1. The molecule has 0 aliphatic carbocycles. The number of rotatable bonds is 8. The molecule has 3 heterocycles. The second kappa shape index (κ2) is 10.4. The van der Waals surface area contributed by atoms with Gasteiger partial charge < -0.3 is 19.1 Å².